The van der Waals surface area contributed by atoms with Gasteiger partial charge >= 0.3 is 0 Å². The fourth-order valence-corrected chi connectivity index (χ4v) is 1.30. The molecule has 1 aliphatic carbocycles. The van der Waals surface area contributed by atoms with Crippen LogP contribution in [0.15, 0.2) is 6.20 Å². The molecule has 3 heteroatoms. The van der Waals surface area contributed by atoms with Crippen LogP contribution in [0.1, 0.15) is 18.7 Å². The standard InChI is InChI=1S/C8H13N3/c1-6-10-8(9)5-11(6)4-7-2-3-7/h5,7H,2-4,9H2,1H3. The van der Waals surface area contributed by atoms with Gasteiger partial charge < -0.3 is 10.3 Å². The summed E-state index contributed by atoms with van der Waals surface area (Å²) in [5.41, 5.74) is 5.54. The summed E-state index contributed by atoms with van der Waals surface area (Å²) in [6, 6.07) is 0. The van der Waals surface area contributed by atoms with Crippen LogP contribution in [0.5, 0.6) is 0 Å². The number of rotatable bonds is 2. The lowest BCUT2D eigenvalue weighted by Gasteiger charge is -2.00. The maximum atomic E-state index is 5.54. The monoisotopic (exact) mass is 151 g/mol. The Kier molecular flexibility index (Phi) is 1.37. The van der Waals surface area contributed by atoms with E-state index in [0.717, 1.165) is 18.3 Å². The van der Waals surface area contributed by atoms with Crippen LogP contribution >= 0.6 is 0 Å². The van der Waals surface area contributed by atoms with Gasteiger partial charge in [0, 0.05) is 12.7 Å². The van der Waals surface area contributed by atoms with Crippen molar-refractivity contribution >= 4 is 5.82 Å². The van der Waals surface area contributed by atoms with Crippen molar-refractivity contribution < 1.29 is 0 Å². The summed E-state index contributed by atoms with van der Waals surface area (Å²) in [6.07, 6.45) is 4.67. The van der Waals surface area contributed by atoms with Crippen LogP contribution in [0.2, 0.25) is 0 Å². The van der Waals surface area contributed by atoms with Gasteiger partial charge in [0.05, 0.1) is 0 Å². The predicted octanol–water partition coefficient (Wildman–Crippen LogP) is 1.18. The highest BCUT2D eigenvalue weighted by Gasteiger charge is 2.22. The summed E-state index contributed by atoms with van der Waals surface area (Å²) < 4.78 is 2.15. The minimum atomic E-state index is 0.642. The highest BCUT2D eigenvalue weighted by molar-refractivity contribution is 5.25. The first-order valence-electron chi connectivity index (χ1n) is 4.05. The molecule has 0 spiro atoms. The van der Waals surface area contributed by atoms with E-state index in [2.05, 4.69) is 9.55 Å². The van der Waals surface area contributed by atoms with Gasteiger partial charge in [-0.1, -0.05) is 0 Å². The molecular weight excluding hydrogens is 138 g/mol. The lowest BCUT2D eigenvalue weighted by Crippen LogP contribution is -2.00. The Morgan fingerprint density at radius 2 is 2.45 bits per heavy atom. The van der Waals surface area contributed by atoms with E-state index in [-0.39, 0.29) is 0 Å². The minimum absolute atomic E-state index is 0.642. The smallest absolute Gasteiger partial charge is 0.141 e. The van der Waals surface area contributed by atoms with E-state index in [0.29, 0.717) is 5.82 Å². The van der Waals surface area contributed by atoms with Crippen molar-refractivity contribution in [2.45, 2.75) is 26.3 Å². The molecule has 1 aromatic heterocycles. The Hall–Kier alpha value is -0.990. The lowest BCUT2D eigenvalue weighted by atomic mass is 10.4. The van der Waals surface area contributed by atoms with Crippen molar-refractivity contribution in [1.82, 2.24) is 9.55 Å². The van der Waals surface area contributed by atoms with Crippen LogP contribution < -0.4 is 5.73 Å². The molecule has 0 aliphatic heterocycles. The molecular formula is C8H13N3. The third-order valence-electron chi connectivity index (χ3n) is 2.15. The Labute approximate surface area is 66.2 Å². The lowest BCUT2D eigenvalue weighted by molar-refractivity contribution is 0.610. The third-order valence-corrected chi connectivity index (χ3v) is 2.15. The number of imidazole rings is 1. The molecule has 0 unspecified atom stereocenters. The van der Waals surface area contributed by atoms with E-state index in [1.807, 2.05) is 13.1 Å². The highest BCUT2D eigenvalue weighted by Crippen LogP contribution is 2.31. The van der Waals surface area contributed by atoms with E-state index in [9.17, 15) is 0 Å². The molecule has 1 heterocycles. The van der Waals surface area contributed by atoms with Crippen LogP contribution in [0, 0.1) is 12.8 Å². The topological polar surface area (TPSA) is 43.8 Å². The molecule has 0 aromatic carbocycles. The number of aryl methyl sites for hydroxylation is 1. The zero-order valence-corrected chi connectivity index (χ0v) is 6.75. The number of anilines is 1. The molecule has 0 radical (unpaired) electrons. The quantitative estimate of drug-likeness (QED) is 0.689. The Morgan fingerprint density at radius 3 is 2.91 bits per heavy atom. The van der Waals surface area contributed by atoms with Gasteiger partial charge in [0.1, 0.15) is 11.6 Å². The second-order valence-electron chi connectivity index (χ2n) is 3.31. The normalized spacial score (nSPS) is 17.2. The van der Waals surface area contributed by atoms with Gasteiger partial charge in [-0.15, -0.1) is 0 Å². The van der Waals surface area contributed by atoms with Crippen molar-refractivity contribution in [3.05, 3.63) is 12.0 Å². The van der Waals surface area contributed by atoms with Crippen LogP contribution in [0.4, 0.5) is 5.82 Å². The van der Waals surface area contributed by atoms with Gasteiger partial charge in [-0.2, -0.15) is 0 Å². The molecule has 11 heavy (non-hydrogen) atoms. The summed E-state index contributed by atoms with van der Waals surface area (Å²) in [7, 11) is 0. The van der Waals surface area contributed by atoms with Crippen molar-refractivity contribution in [2.75, 3.05) is 5.73 Å². The Balaban J connectivity index is 2.14. The summed E-state index contributed by atoms with van der Waals surface area (Å²) >= 11 is 0. The van der Waals surface area contributed by atoms with E-state index in [4.69, 9.17) is 5.73 Å². The molecule has 0 atom stereocenters. The first kappa shape index (κ1) is 6.70. The molecule has 0 saturated heterocycles. The number of nitrogen functional groups attached to an aromatic ring is 1. The van der Waals surface area contributed by atoms with Crippen molar-refractivity contribution in [3.63, 3.8) is 0 Å². The highest BCUT2D eigenvalue weighted by atomic mass is 15.1. The molecule has 0 bridgehead atoms. The van der Waals surface area contributed by atoms with E-state index in [1.54, 1.807) is 0 Å². The van der Waals surface area contributed by atoms with Gasteiger partial charge in [-0.25, -0.2) is 4.98 Å². The van der Waals surface area contributed by atoms with Crippen molar-refractivity contribution in [2.24, 2.45) is 5.92 Å². The summed E-state index contributed by atoms with van der Waals surface area (Å²) in [4.78, 5) is 4.13. The fraction of sp³-hybridized carbons (Fsp3) is 0.625. The van der Waals surface area contributed by atoms with Gasteiger partial charge in [-0.3, -0.25) is 0 Å². The number of aromatic nitrogens is 2. The Bertz CT molecular complexity index is 260. The number of hydrogen-bond donors (Lipinski definition) is 1. The fourth-order valence-electron chi connectivity index (χ4n) is 1.30. The number of nitrogens with two attached hydrogens (primary N) is 1. The number of hydrogen-bond acceptors (Lipinski definition) is 2. The summed E-state index contributed by atoms with van der Waals surface area (Å²) in [5, 5.41) is 0. The molecule has 2 rings (SSSR count). The van der Waals surface area contributed by atoms with E-state index < -0.39 is 0 Å². The second kappa shape index (κ2) is 2.26. The van der Waals surface area contributed by atoms with E-state index in [1.165, 1.54) is 12.8 Å². The first-order valence-corrected chi connectivity index (χ1v) is 4.05. The summed E-state index contributed by atoms with van der Waals surface area (Å²) in [6.45, 7) is 3.11. The van der Waals surface area contributed by atoms with Gasteiger partial charge in [0.2, 0.25) is 0 Å². The van der Waals surface area contributed by atoms with Crippen molar-refractivity contribution in [1.29, 1.82) is 0 Å². The minimum Gasteiger partial charge on any atom is -0.382 e. The molecule has 0 amide bonds. The van der Waals surface area contributed by atoms with Crippen LogP contribution in [-0.4, -0.2) is 9.55 Å². The summed E-state index contributed by atoms with van der Waals surface area (Å²) in [5.74, 6) is 2.57. The van der Waals surface area contributed by atoms with Gasteiger partial charge in [0.25, 0.3) is 0 Å². The molecule has 1 saturated carbocycles. The molecule has 1 aliphatic rings. The first-order chi connectivity index (χ1) is 5.25. The maximum absolute atomic E-state index is 5.54. The van der Waals surface area contributed by atoms with E-state index >= 15 is 0 Å². The van der Waals surface area contributed by atoms with Crippen LogP contribution in [0.3, 0.4) is 0 Å². The molecule has 60 valence electrons. The maximum Gasteiger partial charge on any atom is 0.141 e. The molecule has 2 N–H and O–H groups in total. The Morgan fingerprint density at radius 1 is 1.73 bits per heavy atom. The van der Waals surface area contributed by atoms with Gasteiger partial charge in [-0.05, 0) is 25.7 Å². The van der Waals surface area contributed by atoms with Crippen molar-refractivity contribution in [3.8, 4) is 0 Å². The average molecular weight is 151 g/mol. The SMILES string of the molecule is Cc1nc(N)cn1CC1CC1. The molecule has 3 nitrogen and oxygen atoms in total. The predicted molar refractivity (Wildman–Crippen MR) is 44.1 cm³/mol. The molecule has 1 fully saturated rings. The largest absolute Gasteiger partial charge is 0.382 e. The molecule has 1 aromatic rings. The average Bonchev–Trinajstić information content (AvgIpc) is 2.64. The zero-order chi connectivity index (χ0) is 7.84. The number of nitrogens with zero attached hydrogens (tertiary/aromatic N) is 2. The zero-order valence-electron chi connectivity index (χ0n) is 6.75. The second-order valence-corrected chi connectivity index (χ2v) is 3.31. The van der Waals surface area contributed by atoms with Gasteiger partial charge in [0.15, 0.2) is 0 Å². The van der Waals surface area contributed by atoms with Crippen LogP contribution in [-0.2, 0) is 6.54 Å². The third kappa shape index (κ3) is 1.37. The van der Waals surface area contributed by atoms with Crippen LogP contribution in [0.25, 0.3) is 0 Å².